The van der Waals surface area contributed by atoms with Gasteiger partial charge in [0.05, 0.1) is 4.90 Å². The van der Waals surface area contributed by atoms with Gasteiger partial charge in [0.1, 0.15) is 0 Å². The van der Waals surface area contributed by atoms with Crippen molar-refractivity contribution < 1.29 is 13.2 Å². The minimum atomic E-state index is -3.39. The maximum absolute atomic E-state index is 12.8. The van der Waals surface area contributed by atoms with E-state index in [0.717, 1.165) is 31.5 Å². The summed E-state index contributed by atoms with van der Waals surface area (Å²) >= 11 is 0. The first-order valence-corrected chi connectivity index (χ1v) is 13.0. The SMILES string of the molecule is CN(Cc1ccccc1N1CCCC1)C(=O)CCc1ccc(S(=O)(=O)N2CCCC2)cc1. The fourth-order valence-corrected chi connectivity index (χ4v) is 6.12. The molecule has 2 aliphatic rings. The molecule has 2 saturated heterocycles. The molecule has 2 aromatic rings. The predicted octanol–water partition coefficient (Wildman–Crippen LogP) is 3.66. The number of hydrogen-bond acceptors (Lipinski definition) is 4. The average molecular weight is 456 g/mol. The normalized spacial score (nSPS) is 17.1. The Morgan fingerprint density at radius 3 is 2.22 bits per heavy atom. The van der Waals surface area contributed by atoms with Gasteiger partial charge >= 0.3 is 0 Å². The lowest BCUT2D eigenvalue weighted by atomic mass is 10.1. The minimum Gasteiger partial charge on any atom is -0.371 e. The molecule has 0 atom stereocenters. The monoisotopic (exact) mass is 455 g/mol. The summed E-state index contributed by atoms with van der Waals surface area (Å²) in [4.78, 5) is 17.3. The summed E-state index contributed by atoms with van der Waals surface area (Å²) in [7, 11) is -1.54. The van der Waals surface area contributed by atoms with Crippen LogP contribution in [0.4, 0.5) is 5.69 Å². The van der Waals surface area contributed by atoms with Crippen LogP contribution in [-0.4, -0.2) is 56.8 Å². The molecule has 7 heteroatoms. The zero-order valence-electron chi connectivity index (χ0n) is 18.9. The summed E-state index contributed by atoms with van der Waals surface area (Å²) in [5.74, 6) is 0.0926. The van der Waals surface area contributed by atoms with Crippen LogP contribution in [0, 0.1) is 0 Å². The van der Waals surface area contributed by atoms with Crippen molar-refractivity contribution in [1.82, 2.24) is 9.21 Å². The van der Waals surface area contributed by atoms with Gasteiger partial charge in [-0.15, -0.1) is 0 Å². The topological polar surface area (TPSA) is 60.9 Å². The number of anilines is 1. The van der Waals surface area contributed by atoms with E-state index >= 15 is 0 Å². The molecule has 0 saturated carbocycles. The van der Waals surface area contributed by atoms with Crippen molar-refractivity contribution in [1.29, 1.82) is 0 Å². The van der Waals surface area contributed by atoms with Crippen LogP contribution in [0.5, 0.6) is 0 Å². The molecule has 0 spiro atoms. The molecule has 2 aromatic carbocycles. The Labute approximate surface area is 191 Å². The second kappa shape index (κ2) is 10.0. The van der Waals surface area contributed by atoms with Crippen LogP contribution in [0.25, 0.3) is 0 Å². The number of nitrogens with zero attached hydrogens (tertiary/aromatic N) is 3. The summed E-state index contributed by atoms with van der Waals surface area (Å²) in [5, 5.41) is 0. The molecule has 2 fully saturated rings. The van der Waals surface area contributed by atoms with Crippen molar-refractivity contribution in [2.45, 2.75) is 50.0 Å². The molecule has 0 radical (unpaired) electrons. The van der Waals surface area contributed by atoms with Gasteiger partial charge in [-0.3, -0.25) is 4.79 Å². The van der Waals surface area contributed by atoms with E-state index in [1.807, 2.05) is 25.2 Å². The highest BCUT2D eigenvalue weighted by atomic mass is 32.2. The Morgan fingerprint density at radius 2 is 1.53 bits per heavy atom. The van der Waals surface area contributed by atoms with Crippen molar-refractivity contribution in [2.75, 3.05) is 38.1 Å². The van der Waals surface area contributed by atoms with Crippen molar-refractivity contribution >= 4 is 21.6 Å². The third-order valence-electron chi connectivity index (χ3n) is 6.53. The number of amides is 1. The third kappa shape index (κ3) is 5.15. The van der Waals surface area contributed by atoms with Crippen LogP contribution < -0.4 is 4.90 Å². The number of sulfonamides is 1. The van der Waals surface area contributed by atoms with E-state index < -0.39 is 10.0 Å². The van der Waals surface area contributed by atoms with E-state index in [-0.39, 0.29) is 5.91 Å². The van der Waals surface area contributed by atoms with Gasteiger partial charge < -0.3 is 9.80 Å². The van der Waals surface area contributed by atoms with Crippen molar-refractivity contribution in [3.8, 4) is 0 Å². The average Bonchev–Trinajstić information content (AvgIpc) is 3.53. The molecule has 0 N–H and O–H groups in total. The number of aryl methyl sites for hydroxylation is 1. The predicted molar refractivity (Wildman–Crippen MR) is 127 cm³/mol. The van der Waals surface area contributed by atoms with E-state index in [9.17, 15) is 13.2 Å². The summed E-state index contributed by atoms with van der Waals surface area (Å²) in [5.41, 5.74) is 3.39. The lowest BCUT2D eigenvalue weighted by Gasteiger charge is -2.24. The van der Waals surface area contributed by atoms with Crippen molar-refractivity contribution in [3.05, 3.63) is 59.7 Å². The Hall–Kier alpha value is -2.38. The van der Waals surface area contributed by atoms with Gasteiger partial charge in [-0.05, 0) is 61.4 Å². The molecule has 1 amide bonds. The standard InChI is InChI=1S/C25H33N3O3S/c1-26(20-22-8-2-3-9-24(22)27-16-4-5-17-27)25(29)15-12-21-10-13-23(14-11-21)32(30,31)28-18-6-7-19-28/h2-3,8-11,13-14H,4-7,12,15-20H2,1H3. The highest BCUT2D eigenvalue weighted by Crippen LogP contribution is 2.26. The lowest BCUT2D eigenvalue weighted by Crippen LogP contribution is -2.28. The van der Waals surface area contributed by atoms with Crippen LogP contribution in [0.3, 0.4) is 0 Å². The van der Waals surface area contributed by atoms with E-state index in [0.29, 0.717) is 37.4 Å². The van der Waals surface area contributed by atoms with Gasteiger partial charge in [-0.2, -0.15) is 4.31 Å². The molecular formula is C25H33N3O3S. The number of carbonyl (C=O) groups is 1. The molecule has 0 aliphatic carbocycles. The first-order valence-electron chi connectivity index (χ1n) is 11.6. The zero-order valence-corrected chi connectivity index (χ0v) is 19.7. The van der Waals surface area contributed by atoms with E-state index in [2.05, 4.69) is 23.1 Å². The molecule has 32 heavy (non-hydrogen) atoms. The number of rotatable bonds is 8. The molecule has 0 aromatic heterocycles. The van der Waals surface area contributed by atoms with Crippen molar-refractivity contribution in [2.24, 2.45) is 0 Å². The quantitative estimate of drug-likeness (QED) is 0.610. The van der Waals surface area contributed by atoms with Gasteiger partial charge in [-0.1, -0.05) is 30.3 Å². The van der Waals surface area contributed by atoms with Gasteiger partial charge in [-0.25, -0.2) is 8.42 Å². The van der Waals surface area contributed by atoms with Crippen LogP contribution in [0.2, 0.25) is 0 Å². The first kappa shape index (κ1) is 22.8. The largest absolute Gasteiger partial charge is 0.371 e. The fraction of sp³-hybridized carbons (Fsp3) is 0.480. The van der Waals surface area contributed by atoms with Gasteiger partial charge in [0.15, 0.2) is 0 Å². The maximum atomic E-state index is 12.8. The molecule has 172 valence electrons. The van der Waals surface area contributed by atoms with E-state index in [1.165, 1.54) is 24.1 Å². The van der Waals surface area contributed by atoms with Crippen molar-refractivity contribution in [3.63, 3.8) is 0 Å². The molecule has 4 rings (SSSR count). The number of para-hydroxylation sites is 1. The Balaban J connectivity index is 1.33. The number of benzene rings is 2. The summed E-state index contributed by atoms with van der Waals surface area (Å²) in [6.45, 7) is 3.96. The second-order valence-corrected chi connectivity index (χ2v) is 10.8. The van der Waals surface area contributed by atoms with E-state index in [1.54, 1.807) is 21.3 Å². The van der Waals surface area contributed by atoms with Gasteiger partial charge in [0.2, 0.25) is 15.9 Å². The highest BCUT2D eigenvalue weighted by molar-refractivity contribution is 7.89. The van der Waals surface area contributed by atoms with Crippen LogP contribution in [0.15, 0.2) is 53.4 Å². The molecule has 6 nitrogen and oxygen atoms in total. The lowest BCUT2D eigenvalue weighted by molar-refractivity contribution is -0.130. The Kier molecular flexibility index (Phi) is 7.16. The van der Waals surface area contributed by atoms with Gasteiger partial charge in [0.25, 0.3) is 0 Å². The van der Waals surface area contributed by atoms with E-state index in [4.69, 9.17) is 0 Å². The molecular weight excluding hydrogens is 422 g/mol. The third-order valence-corrected chi connectivity index (χ3v) is 8.44. The summed E-state index contributed by atoms with van der Waals surface area (Å²) in [6, 6.07) is 15.4. The van der Waals surface area contributed by atoms with Crippen LogP contribution in [0.1, 0.15) is 43.2 Å². The highest BCUT2D eigenvalue weighted by Gasteiger charge is 2.27. The smallest absolute Gasteiger partial charge is 0.243 e. The van der Waals surface area contributed by atoms with Crippen LogP contribution in [-0.2, 0) is 27.8 Å². The fourth-order valence-electron chi connectivity index (χ4n) is 4.60. The minimum absolute atomic E-state index is 0.0926. The zero-order chi connectivity index (χ0) is 22.6. The number of hydrogen-bond donors (Lipinski definition) is 0. The maximum Gasteiger partial charge on any atom is 0.243 e. The molecule has 0 bridgehead atoms. The molecule has 0 unspecified atom stereocenters. The second-order valence-electron chi connectivity index (χ2n) is 8.83. The Bertz CT molecular complexity index is 1020. The summed E-state index contributed by atoms with van der Waals surface area (Å²) in [6.07, 6.45) is 5.30. The molecule has 2 aliphatic heterocycles. The van der Waals surface area contributed by atoms with Crippen LogP contribution >= 0.6 is 0 Å². The molecule has 2 heterocycles. The number of carbonyl (C=O) groups excluding carboxylic acids is 1. The first-order chi connectivity index (χ1) is 15.4. The Morgan fingerprint density at radius 1 is 0.906 bits per heavy atom. The summed E-state index contributed by atoms with van der Waals surface area (Å²) < 4.78 is 26.9. The van der Waals surface area contributed by atoms with Gasteiger partial charge in [0, 0.05) is 51.9 Å².